The lowest BCUT2D eigenvalue weighted by atomic mass is 10.1. The predicted octanol–water partition coefficient (Wildman–Crippen LogP) is 2.42. The second kappa shape index (κ2) is 9.29. The molecule has 0 fully saturated rings. The number of carbonyl (C=O) groups is 2. The summed E-state index contributed by atoms with van der Waals surface area (Å²) in [5, 5.41) is 7.53. The summed E-state index contributed by atoms with van der Waals surface area (Å²) in [6, 6.07) is 9.68. The van der Waals surface area contributed by atoms with Crippen LogP contribution < -0.4 is 10.2 Å². The summed E-state index contributed by atoms with van der Waals surface area (Å²) in [7, 11) is 0. The fourth-order valence-corrected chi connectivity index (χ4v) is 3.21. The summed E-state index contributed by atoms with van der Waals surface area (Å²) in [5.74, 6) is -0.293. The Morgan fingerprint density at radius 2 is 2.07 bits per heavy atom. The summed E-state index contributed by atoms with van der Waals surface area (Å²) in [6.07, 6.45) is 3.47. The van der Waals surface area contributed by atoms with Gasteiger partial charge in [-0.3, -0.25) is 9.59 Å². The van der Waals surface area contributed by atoms with Crippen molar-refractivity contribution in [1.82, 2.24) is 19.9 Å². The Bertz CT molecular complexity index is 1010. The summed E-state index contributed by atoms with van der Waals surface area (Å²) in [4.78, 5) is 29.5. The molecule has 8 heteroatoms. The molecule has 2 aromatic heterocycles. The van der Waals surface area contributed by atoms with Gasteiger partial charge in [-0.15, -0.1) is 0 Å². The van der Waals surface area contributed by atoms with Crippen LogP contribution in [0.2, 0.25) is 0 Å². The molecule has 0 aliphatic heterocycles. The van der Waals surface area contributed by atoms with E-state index in [9.17, 15) is 9.59 Å². The van der Waals surface area contributed by atoms with Crippen molar-refractivity contribution in [1.29, 1.82) is 0 Å². The van der Waals surface area contributed by atoms with Gasteiger partial charge in [-0.1, -0.05) is 12.1 Å². The second-order valence-electron chi connectivity index (χ2n) is 6.46. The van der Waals surface area contributed by atoms with Crippen molar-refractivity contribution in [3.63, 3.8) is 0 Å². The van der Waals surface area contributed by atoms with E-state index in [1.54, 1.807) is 35.7 Å². The van der Waals surface area contributed by atoms with E-state index < -0.39 is 0 Å². The molecule has 0 atom stereocenters. The first kappa shape index (κ1) is 20.5. The van der Waals surface area contributed by atoms with Crippen LogP contribution in [0.25, 0.3) is 16.9 Å². The monoisotopic (exact) mass is 395 g/mol. The predicted molar refractivity (Wildman–Crippen MR) is 110 cm³/mol. The largest absolute Gasteiger partial charge is 0.465 e. The number of benzene rings is 1. The number of carbonyl (C=O) groups excluding carboxylic acids is 2. The number of fused-ring (bicyclic) bond motifs is 1. The maximum Gasteiger partial charge on any atom is 0.319 e. The quantitative estimate of drug-likeness (QED) is 0.589. The van der Waals surface area contributed by atoms with Crippen LogP contribution in [0, 0.1) is 0 Å². The van der Waals surface area contributed by atoms with Gasteiger partial charge in [-0.25, -0.2) is 9.50 Å². The fourth-order valence-electron chi connectivity index (χ4n) is 3.21. The van der Waals surface area contributed by atoms with Crippen LogP contribution in [-0.2, 0) is 20.9 Å². The van der Waals surface area contributed by atoms with Gasteiger partial charge in [0.15, 0.2) is 5.65 Å². The molecule has 8 nitrogen and oxygen atoms in total. The van der Waals surface area contributed by atoms with Gasteiger partial charge in [-0.05, 0) is 32.0 Å². The van der Waals surface area contributed by atoms with Crippen LogP contribution >= 0.6 is 0 Å². The molecule has 0 aliphatic rings. The second-order valence-corrected chi connectivity index (χ2v) is 6.46. The molecule has 0 saturated heterocycles. The highest BCUT2D eigenvalue weighted by Gasteiger charge is 2.13. The van der Waals surface area contributed by atoms with Crippen LogP contribution in [0.4, 0.5) is 5.69 Å². The van der Waals surface area contributed by atoms with Crippen molar-refractivity contribution in [2.45, 2.75) is 27.3 Å². The number of ether oxygens (including phenoxy) is 1. The summed E-state index contributed by atoms with van der Waals surface area (Å²) < 4.78 is 6.68. The number of rotatable bonds is 8. The molecule has 0 spiro atoms. The molecule has 2 heterocycles. The SMILES string of the molecule is CCOC(=O)CNCc1cnn2c(-c3cccc(N(CC)C(C)=O)c3)ccnc12. The number of nitrogens with zero attached hydrogens (tertiary/aromatic N) is 4. The number of esters is 1. The molecule has 0 radical (unpaired) electrons. The maximum atomic E-state index is 11.9. The lowest BCUT2D eigenvalue weighted by molar-refractivity contribution is -0.142. The van der Waals surface area contributed by atoms with E-state index in [-0.39, 0.29) is 18.4 Å². The van der Waals surface area contributed by atoms with Crippen LogP contribution in [0.15, 0.2) is 42.7 Å². The molecule has 0 saturated carbocycles. The lowest BCUT2D eigenvalue weighted by Crippen LogP contribution is -2.27. The molecule has 152 valence electrons. The minimum absolute atomic E-state index is 0.00132. The highest BCUT2D eigenvalue weighted by molar-refractivity contribution is 5.92. The zero-order chi connectivity index (χ0) is 20.8. The first-order valence-corrected chi connectivity index (χ1v) is 9.61. The van der Waals surface area contributed by atoms with Crippen LogP contribution in [0.1, 0.15) is 26.3 Å². The third-order valence-electron chi connectivity index (χ3n) is 4.51. The Balaban J connectivity index is 1.87. The Hall–Kier alpha value is -3.26. The Morgan fingerprint density at radius 1 is 1.24 bits per heavy atom. The molecule has 0 unspecified atom stereocenters. The minimum atomic E-state index is -0.291. The third-order valence-corrected chi connectivity index (χ3v) is 4.51. The standard InChI is InChI=1S/C21H25N5O3/c1-4-25(15(3)27)18-8-6-7-16(11-18)19-9-10-23-21-17(13-24-26(19)21)12-22-14-20(28)29-5-2/h6-11,13,22H,4-5,12,14H2,1-3H3. The van der Waals surface area contributed by atoms with E-state index in [0.29, 0.717) is 25.3 Å². The number of anilines is 1. The first-order valence-electron chi connectivity index (χ1n) is 9.61. The number of aromatic nitrogens is 3. The third kappa shape index (κ3) is 4.60. The van der Waals surface area contributed by atoms with Crippen molar-refractivity contribution >= 4 is 23.2 Å². The lowest BCUT2D eigenvalue weighted by Gasteiger charge is -2.19. The molecular formula is C21H25N5O3. The van der Waals surface area contributed by atoms with Crippen LogP contribution in [0.3, 0.4) is 0 Å². The molecule has 3 rings (SSSR count). The smallest absolute Gasteiger partial charge is 0.319 e. The van der Waals surface area contributed by atoms with Crippen molar-refractivity contribution in [3.05, 3.63) is 48.3 Å². The van der Waals surface area contributed by atoms with Crippen LogP contribution in [0.5, 0.6) is 0 Å². The highest BCUT2D eigenvalue weighted by atomic mass is 16.5. The molecule has 1 amide bonds. The zero-order valence-corrected chi connectivity index (χ0v) is 16.9. The van der Waals surface area contributed by atoms with Gasteiger partial charge in [0, 0.05) is 43.0 Å². The highest BCUT2D eigenvalue weighted by Crippen LogP contribution is 2.25. The Labute approximate surface area is 169 Å². The topological polar surface area (TPSA) is 88.8 Å². The summed E-state index contributed by atoms with van der Waals surface area (Å²) in [5.41, 5.74) is 4.23. The Kier molecular flexibility index (Phi) is 6.56. The normalized spacial score (nSPS) is 10.9. The van der Waals surface area contributed by atoms with Gasteiger partial charge in [-0.2, -0.15) is 5.10 Å². The number of hydrogen-bond donors (Lipinski definition) is 1. The number of nitrogens with one attached hydrogen (secondary N) is 1. The molecule has 3 aromatic rings. The van der Waals surface area contributed by atoms with Gasteiger partial charge in [0.2, 0.25) is 5.91 Å². The van der Waals surface area contributed by atoms with E-state index in [1.807, 2.05) is 37.3 Å². The maximum absolute atomic E-state index is 11.9. The van der Waals surface area contributed by atoms with Gasteiger partial charge in [0.1, 0.15) is 0 Å². The molecule has 1 aromatic carbocycles. The average molecular weight is 395 g/mol. The molecular weight excluding hydrogens is 370 g/mol. The number of hydrogen-bond acceptors (Lipinski definition) is 6. The van der Waals surface area contributed by atoms with E-state index in [0.717, 1.165) is 22.5 Å². The van der Waals surface area contributed by atoms with Crippen molar-refractivity contribution in [2.24, 2.45) is 0 Å². The van der Waals surface area contributed by atoms with Crippen molar-refractivity contribution in [3.8, 4) is 11.3 Å². The fraction of sp³-hybridized carbons (Fsp3) is 0.333. The van der Waals surface area contributed by atoms with Crippen molar-refractivity contribution in [2.75, 3.05) is 24.6 Å². The molecule has 0 aliphatic carbocycles. The molecule has 29 heavy (non-hydrogen) atoms. The van der Waals surface area contributed by atoms with Gasteiger partial charge < -0.3 is 15.0 Å². The van der Waals surface area contributed by atoms with E-state index >= 15 is 0 Å². The van der Waals surface area contributed by atoms with Gasteiger partial charge in [0.25, 0.3) is 0 Å². The van der Waals surface area contributed by atoms with E-state index in [1.165, 1.54) is 0 Å². The summed E-state index contributed by atoms with van der Waals surface area (Å²) in [6.45, 7) is 6.83. The first-order chi connectivity index (χ1) is 14.0. The van der Waals surface area contributed by atoms with Crippen molar-refractivity contribution < 1.29 is 14.3 Å². The minimum Gasteiger partial charge on any atom is -0.465 e. The zero-order valence-electron chi connectivity index (χ0n) is 16.9. The molecule has 1 N–H and O–H groups in total. The number of amides is 1. The van der Waals surface area contributed by atoms with E-state index in [2.05, 4.69) is 15.4 Å². The Morgan fingerprint density at radius 3 is 2.79 bits per heavy atom. The molecule has 0 bridgehead atoms. The summed E-state index contributed by atoms with van der Waals surface area (Å²) >= 11 is 0. The van der Waals surface area contributed by atoms with E-state index in [4.69, 9.17) is 4.74 Å². The average Bonchev–Trinajstić information content (AvgIpc) is 3.12. The van der Waals surface area contributed by atoms with Crippen LogP contribution in [-0.4, -0.2) is 46.2 Å². The van der Waals surface area contributed by atoms with Gasteiger partial charge in [0.05, 0.1) is 25.0 Å². The van der Waals surface area contributed by atoms with Gasteiger partial charge >= 0.3 is 5.97 Å².